The molecule has 0 saturated carbocycles. The third-order valence-electron chi connectivity index (χ3n) is 5.74. The summed E-state index contributed by atoms with van der Waals surface area (Å²) in [6, 6.07) is 0.0960. The molecule has 0 aromatic rings. The Labute approximate surface area is 149 Å². The zero-order valence-corrected chi connectivity index (χ0v) is 15.4. The number of likely N-dealkylation sites (tertiary alicyclic amines) is 2. The second-order valence-corrected chi connectivity index (χ2v) is 7.29. The average molecular weight is 353 g/mol. The Balaban J connectivity index is 1.87. The fourth-order valence-electron chi connectivity index (χ4n) is 3.82. The van der Waals surface area contributed by atoms with Crippen LogP contribution in [0.3, 0.4) is 0 Å². The molecule has 2 saturated heterocycles. The van der Waals surface area contributed by atoms with Crippen molar-refractivity contribution in [2.24, 2.45) is 5.92 Å². The van der Waals surface area contributed by atoms with Gasteiger partial charge in [-0.15, -0.1) is 0 Å². The Hall–Kier alpha value is -1.79. The van der Waals surface area contributed by atoms with Gasteiger partial charge in [0.15, 0.2) is 0 Å². The topological polar surface area (TPSA) is 90.0 Å². The van der Waals surface area contributed by atoms with Crippen molar-refractivity contribution in [1.82, 2.24) is 15.1 Å². The summed E-state index contributed by atoms with van der Waals surface area (Å²) in [6.45, 7) is 6.68. The van der Waals surface area contributed by atoms with E-state index in [1.54, 1.807) is 0 Å². The SMILES string of the molecule is CCC(CC)(CC(=O)O)NC(=O)C1CCN(C(=O)N2CCCC2)CC1. The Kier molecular flexibility index (Phi) is 6.67. The molecule has 0 aliphatic carbocycles. The van der Waals surface area contributed by atoms with E-state index in [9.17, 15) is 14.4 Å². The highest BCUT2D eigenvalue weighted by Gasteiger charge is 2.35. The van der Waals surface area contributed by atoms with Gasteiger partial charge >= 0.3 is 12.0 Å². The fraction of sp³-hybridized carbons (Fsp3) is 0.833. The molecule has 0 aromatic carbocycles. The van der Waals surface area contributed by atoms with Crippen molar-refractivity contribution >= 4 is 17.9 Å². The predicted octanol–water partition coefficient (Wildman–Crippen LogP) is 2.06. The van der Waals surface area contributed by atoms with Crippen LogP contribution >= 0.6 is 0 Å². The maximum atomic E-state index is 12.6. The van der Waals surface area contributed by atoms with Crippen LogP contribution in [0.15, 0.2) is 0 Å². The number of carboxylic acid groups (broad SMARTS) is 1. The minimum atomic E-state index is -0.893. The molecule has 0 aromatic heterocycles. The Morgan fingerprint density at radius 3 is 2.00 bits per heavy atom. The standard InChI is InChI=1S/C18H31N3O4/c1-3-18(4-2,13-15(22)23)19-16(24)14-7-11-21(12-8-14)17(25)20-9-5-6-10-20/h14H,3-13H2,1-2H3,(H,19,24)(H,22,23). The number of carbonyl (C=O) groups excluding carboxylic acids is 2. The number of carboxylic acids is 1. The summed E-state index contributed by atoms with van der Waals surface area (Å²) in [4.78, 5) is 39.9. The largest absolute Gasteiger partial charge is 0.481 e. The van der Waals surface area contributed by atoms with Gasteiger partial charge in [0.25, 0.3) is 0 Å². The van der Waals surface area contributed by atoms with Crippen molar-refractivity contribution in [3.05, 3.63) is 0 Å². The van der Waals surface area contributed by atoms with Gasteiger partial charge in [-0.25, -0.2) is 4.79 Å². The van der Waals surface area contributed by atoms with Gasteiger partial charge in [0.1, 0.15) is 0 Å². The Morgan fingerprint density at radius 1 is 1.00 bits per heavy atom. The van der Waals surface area contributed by atoms with Crippen LogP contribution < -0.4 is 5.32 Å². The molecule has 2 N–H and O–H groups in total. The normalized spacial score (nSPS) is 19.1. The van der Waals surface area contributed by atoms with Gasteiger partial charge in [0.05, 0.1) is 6.42 Å². The molecule has 2 heterocycles. The summed E-state index contributed by atoms with van der Waals surface area (Å²) in [5.41, 5.74) is -0.675. The molecule has 7 heteroatoms. The zero-order chi connectivity index (χ0) is 18.4. The second kappa shape index (κ2) is 8.54. The van der Waals surface area contributed by atoms with Gasteiger partial charge in [0, 0.05) is 37.6 Å². The third kappa shape index (κ3) is 4.86. The van der Waals surface area contributed by atoms with Gasteiger partial charge in [-0.05, 0) is 38.5 Å². The number of hydrogen-bond acceptors (Lipinski definition) is 3. The lowest BCUT2D eigenvalue weighted by Gasteiger charge is -2.37. The van der Waals surface area contributed by atoms with Crippen LogP contribution in [0.5, 0.6) is 0 Å². The van der Waals surface area contributed by atoms with E-state index in [4.69, 9.17) is 5.11 Å². The van der Waals surface area contributed by atoms with Gasteiger partial charge in [-0.2, -0.15) is 0 Å². The first-order valence-electron chi connectivity index (χ1n) is 9.48. The number of urea groups is 1. The molecular weight excluding hydrogens is 322 g/mol. The molecule has 2 aliphatic rings. The number of carbonyl (C=O) groups is 3. The molecule has 0 unspecified atom stereocenters. The highest BCUT2D eigenvalue weighted by Crippen LogP contribution is 2.24. The van der Waals surface area contributed by atoms with Gasteiger partial charge in [-0.3, -0.25) is 9.59 Å². The number of nitrogens with zero attached hydrogens (tertiary/aromatic N) is 2. The number of piperidine rings is 1. The van der Waals surface area contributed by atoms with Crippen LogP contribution in [0.25, 0.3) is 0 Å². The molecule has 0 spiro atoms. The van der Waals surface area contributed by atoms with E-state index in [0.717, 1.165) is 25.9 Å². The summed E-state index contributed by atoms with van der Waals surface area (Å²) in [5, 5.41) is 12.1. The number of aliphatic carboxylic acids is 1. The Morgan fingerprint density at radius 2 is 1.52 bits per heavy atom. The van der Waals surface area contributed by atoms with E-state index in [1.165, 1.54) is 0 Å². The maximum absolute atomic E-state index is 12.6. The summed E-state index contributed by atoms with van der Waals surface area (Å²) in [7, 11) is 0. The van der Waals surface area contributed by atoms with E-state index >= 15 is 0 Å². The Bertz CT molecular complexity index is 491. The van der Waals surface area contributed by atoms with E-state index in [0.29, 0.717) is 38.8 Å². The summed E-state index contributed by atoms with van der Waals surface area (Å²) in [6.07, 6.45) is 4.55. The number of amides is 3. The second-order valence-electron chi connectivity index (χ2n) is 7.29. The summed E-state index contributed by atoms with van der Waals surface area (Å²) in [5.74, 6) is -1.11. The van der Waals surface area contributed by atoms with Crippen molar-refractivity contribution in [3.63, 3.8) is 0 Å². The van der Waals surface area contributed by atoms with Crippen molar-refractivity contribution in [2.75, 3.05) is 26.2 Å². The molecule has 7 nitrogen and oxygen atoms in total. The first-order chi connectivity index (χ1) is 11.9. The highest BCUT2D eigenvalue weighted by molar-refractivity contribution is 5.81. The molecule has 2 aliphatic heterocycles. The molecule has 0 radical (unpaired) electrons. The van der Waals surface area contributed by atoms with E-state index in [-0.39, 0.29) is 24.3 Å². The molecule has 25 heavy (non-hydrogen) atoms. The van der Waals surface area contributed by atoms with Crippen LogP contribution in [-0.4, -0.2) is 64.5 Å². The highest BCUT2D eigenvalue weighted by atomic mass is 16.4. The smallest absolute Gasteiger partial charge is 0.319 e. The minimum Gasteiger partial charge on any atom is -0.481 e. The monoisotopic (exact) mass is 353 g/mol. The molecule has 2 rings (SSSR count). The number of hydrogen-bond donors (Lipinski definition) is 2. The quantitative estimate of drug-likeness (QED) is 0.765. The lowest BCUT2D eigenvalue weighted by Crippen LogP contribution is -2.53. The summed E-state index contributed by atoms with van der Waals surface area (Å²) < 4.78 is 0. The van der Waals surface area contributed by atoms with Gasteiger partial charge in [0.2, 0.25) is 5.91 Å². The molecule has 2 fully saturated rings. The van der Waals surface area contributed by atoms with Crippen molar-refractivity contribution < 1.29 is 19.5 Å². The van der Waals surface area contributed by atoms with Crippen LogP contribution in [0.1, 0.15) is 58.8 Å². The molecule has 142 valence electrons. The molecule has 0 bridgehead atoms. The summed E-state index contributed by atoms with van der Waals surface area (Å²) >= 11 is 0. The van der Waals surface area contributed by atoms with Gasteiger partial charge < -0.3 is 20.2 Å². The first-order valence-corrected chi connectivity index (χ1v) is 9.48. The van der Waals surface area contributed by atoms with Crippen LogP contribution in [0, 0.1) is 5.92 Å². The van der Waals surface area contributed by atoms with Crippen molar-refractivity contribution in [2.45, 2.75) is 64.3 Å². The van der Waals surface area contributed by atoms with Crippen LogP contribution in [-0.2, 0) is 9.59 Å². The van der Waals surface area contributed by atoms with E-state index in [1.807, 2.05) is 23.6 Å². The molecule has 0 atom stereocenters. The van der Waals surface area contributed by atoms with Crippen molar-refractivity contribution in [3.8, 4) is 0 Å². The zero-order valence-electron chi connectivity index (χ0n) is 15.4. The van der Waals surface area contributed by atoms with Crippen LogP contribution in [0.2, 0.25) is 0 Å². The van der Waals surface area contributed by atoms with Crippen LogP contribution in [0.4, 0.5) is 4.79 Å². The van der Waals surface area contributed by atoms with E-state index in [2.05, 4.69) is 5.32 Å². The third-order valence-corrected chi connectivity index (χ3v) is 5.74. The number of nitrogens with one attached hydrogen (secondary N) is 1. The average Bonchev–Trinajstić information content (AvgIpc) is 3.14. The molecular formula is C18H31N3O4. The first kappa shape index (κ1) is 19.5. The van der Waals surface area contributed by atoms with E-state index < -0.39 is 11.5 Å². The fourth-order valence-corrected chi connectivity index (χ4v) is 3.82. The lowest BCUT2D eigenvalue weighted by molar-refractivity contribution is -0.139. The maximum Gasteiger partial charge on any atom is 0.319 e. The molecule has 3 amide bonds. The lowest BCUT2D eigenvalue weighted by atomic mass is 9.87. The number of rotatable bonds is 6. The van der Waals surface area contributed by atoms with Crippen molar-refractivity contribution in [1.29, 1.82) is 0 Å². The predicted molar refractivity (Wildman–Crippen MR) is 94.2 cm³/mol. The minimum absolute atomic E-state index is 0.0575. The van der Waals surface area contributed by atoms with Gasteiger partial charge in [-0.1, -0.05) is 13.8 Å².